The molecule has 0 radical (unpaired) electrons. The second-order valence-electron chi connectivity index (χ2n) is 3.92. The third kappa shape index (κ3) is 3.56. The van der Waals surface area contributed by atoms with Gasteiger partial charge in [0.2, 0.25) is 0 Å². The summed E-state index contributed by atoms with van der Waals surface area (Å²) < 4.78 is 1.01. The van der Waals surface area contributed by atoms with E-state index in [0.717, 1.165) is 23.1 Å². The van der Waals surface area contributed by atoms with Gasteiger partial charge in [-0.05, 0) is 51.7 Å². The van der Waals surface area contributed by atoms with Gasteiger partial charge in [-0.2, -0.15) is 0 Å². The summed E-state index contributed by atoms with van der Waals surface area (Å²) in [6.07, 6.45) is 4.73. The molecule has 3 heteroatoms. The van der Waals surface area contributed by atoms with Crippen molar-refractivity contribution in [2.75, 3.05) is 5.32 Å². The van der Waals surface area contributed by atoms with E-state index < -0.39 is 0 Å². The van der Waals surface area contributed by atoms with Gasteiger partial charge in [0, 0.05) is 29.1 Å². The van der Waals surface area contributed by atoms with Crippen LogP contribution in [0.2, 0.25) is 0 Å². The predicted octanol–water partition coefficient (Wildman–Crippen LogP) is 4.02. The first kappa shape index (κ1) is 12.1. The highest BCUT2D eigenvalue weighted by atomic mass is 79.9. The molecule has 0 aliphatic heterocycles. The van der Waals surface area contributed by atoms with Crippen molar-refractivity contribution in [3.05, 3.63) is 58.3 Å². The Morgan fingerprint density at radius 1 is 1.18 bits per heavy atom. The molecule has 0 unspecified atom stereocenters. The van der Waals surface area contributed by atoms with Crippen LogP contribution >= 0.6 is 15.9 Å². The number of rotatable bonds is 4. The fraction of sp³-hybridized carbons (Fsp3) is 0.214. The average molecular weight is 291 g/mol. The molecule has 1 N–H and O–H groups in total. The summed E-state index contributed by atoms with van der Waals surface area (Å²) in [6.45, 7) is 2.96. The van der Waals surface area contributed by atoms with Gasteiger partial charge in [-0.25, -0.2) is 0 Å². The molecule has 0 saturated heterocycles. The van der Waals surface area contributed by atoms with Crippen molar-refractivity contribution in [1.29, 1.82) is 0 Å². The number of hydrogen-bond donors (Lipinski definition) is 1. The monoisotopic (exact) mass is 290 g/mol. The van der Waals surface area contributed by atoms with Crippen LogP contribution in [0.3, 0.4) is 0 Å². The highest BCUT2D eigenvalue weighted by molar-refractivity contribution is 9.10. The maximum absolute atomic E-state index is 4.14. The van der Waals surface area contributed by atoms with Crippen LogP contribution < -0.4 is 5.32 Å². The SMILES string of the molecule is CCc1cccc(NCc2cncc(Br)c2)c1. The number of aromatic nitrogens is 1. The molecular weight excluding hydrogens is 276 g/mol. The smallest absolute Gasteiger partial charge is 0.0416 e. The molecule has 2 nitrogen and oxygen atoms in total. The van der Waals surface area contributed by atoms with Crippen molar-refractivity contribution in [2.45, 2.75) is 19.9 Å². The molecule has 1 aromatic carbocycles. The minimum Gasteiger partial charge on any atom is -0.381 e. The normalized spacial score (nSPS) is 10.2. The number of halogens is 1. The van der Waals surface area contributed by atoms with Gasteiger partial charge in [-0.1, -0.05) is 19.1 Å². The van der Waals surface area contributed by atoms with Gasteiger partial charge in [-0.3, -0.25) is 4.98 Å². The minimum absolute atomic E-state index is 0.791. The minimum atomic E-state index is 0.791. The highest BCUT2D eigenvalue weighted by Crippen LogP contribution is 2.14. The second kappa shape index (κ2) is 5.82. The Kier molecular flexibility index (Phi) is 4.15. The van der Waals surface area contributed by atoms with Crippen molar-refractivity contribution in [3.8, 4) is 0 Å². The molecular formula is C14H15BrN2. The van der Waals surface area contributed by atoms with Crippen molar-refractivity contribution >= 4 is 21.6 Å². The van der Waals surface area contributed by atoms with E-state index in [1.807, 2.05) is 6.20 Å². The van der Waals surface area contributed by atoms with Crippen LogP contribution in [0.1, 0.15) is 18.1 Å². The van der Waals surface area contributed by atoms with E-state index in [2.05, 4.69) is 63.5 Å². The summed E-state index contributed by atoms with van der Waals surface area (Å²) in [5.41, 5.74) is 3.67. The number of anilines is 1. The van der Waals surface area contributed by atoms with Gasteiger partial charge in [0.25, 0.3) is 0 Å². The zero-order valence-electron chi connectivity index (χ0n) is 9.78. The van der Waals surface area contributed by atoms with Crippen LogP contribution in [0.15, 0.2) is 47.2 Å². The summed E-state index contributed by atoms with van der Waals surface area (Å²) in [5, 5.41) is 3.40. The summed E-state index contributed by atoms with van der Waals surface area (Å²) in [7, 11) is 0. The first-order valence-corrected chi connectivity index (χ1v) is 6.49. The predicted molar refractivity (Wildman–Crippen MR) is 75.1 cm³/mol. The molecule has 2 rings (SSSR count). The van der Waals surface area contributed by atoms with Crippen LogP contribution in [-0.4, -0.2) is 4.98 Å². The Morgan fingerprint density at radius 2 is 2.06 bits per heavy atom. The fourth-order valence-electron chi connectivity index (χ4n) is 1.66. The Balaban J connectivity index is 2.02. The lowest BCUT2D eigenvalue weighted by Crippen LogP contribution is -2.00. The van der Waals surface area contributed by atoms with Crippen molar-refractivity contribution in [1.82, 2.24) is 4.98 Å². The Labute approximate surface area is 110 Å². The third-order valence-electron chi connectivity index (χ3n) is 2.59. The quantitative estimate of drug-likeness (QED) is 0.920. The molecule has 0 fully saturated rings. The van der Waals surface area contributed by atoms with Gasteiger partial charge in [0.15, 0.2) is 0 Å². The zero-order chi connectivity index (χ0) is 12.1. The lowest BCUT2D eigenvalue weighted by atomic mass is 10.1. The molecule has 0 bridgehead atoms. The molecule has 0 saturated carbocycles. The molecule has 1 heterocycles. The standard InChI is InChI=1S/C14H15BrN2/c1-2-11-4-3-5-14(7-11)17-9-12-6-13(15)10-16-8-12/h3-8,10,17H,2,9H2,1H3. The molecule has 2 aromatic rings. The van der Waals surface area contributed by atoms with E-state index in [1.165, 1.54) is 11.1 Å². The topological polar surface area (TPSA) is 24.9 Å². The van der Waals surface area contributed by atoms with Crippen LogP contribution in [0, 0.1) is 0 Å². The summed E-state index contributed by atoms with van der Waals surface area (Å²) in [5.74, 6) is 0. The van der Waals surface area contributed by atoms with Crippen LogP contribution in [0.5, 0.6) is 0 Å². The van der Waals surface area contributed by atoms with Crippen LogP contribution in [0.25, 0.3) is 0 Å². The molecule has 0 aliphatic carbocycles. The molecule has 1 aromatic heterocycles. The highest BCUT2D eigenvalue weighted by Gasteiger charge is 1.97. The van der Waals surface area contributed by atoms with E-state index in [0.29, 0.717) is 0 Å². The Morgan fingerprint density at radius 3 is 2.82 bits per heavy atom. The van der Waals surface area contributed by atoms with E-state index in [9.17, 15) is 0 Å². The maximum Gasteiger partial charge on any atom is 0.0416 e. The Hall–Kier alpha value is -1.35. The van der Waals surface area contributed by atoms with Gasteiger partial charge >= 0.3 is 0 Å². The second-order valence-corrected chi connectivity index (χ2v) is 4.83. The van der Waals surface area contributed by atoms with Crippen molar-refractivity contribution in [3.63, 3.8) is 0 Å². The maximum atomic E-state index is 4.14. The first-order valence-electron chi connectivity index (χ1n) is 5.70. The van der Waals surface area contributed by atoms with Gasteiger partial charge in [-0.15, -0.1) is 0 Å². The number of pyridine rings is 1. The molecule has 0 aliphatic rings. The number of benzene rings is 1. The van der Waals surface area contributed by atoms with E-state index in [-0.39, 0.29) is 0 Å². The van der Waals surface area contributed by atoms with Crippen molar-refractivity contribution < 1.29 is 0 Å². The third-order valence-corrected chi connectivity index (χ3v) is 3.03. The first-order chi connectivity index (χ1) is 8.28. The number of nitrogens with one attached hydrogen (secondary N) is 1. The molecule has 0 spiro atoms. The number of hydrogen-bond acceptors (Lipinski definition) is 2. The lowest BCUT2D eigenvalue weighted by Gasteiger charge is -2.07. The van der Waals surface area contributed by atoms with Gasteiger partial charge in [0.05, 0.1) is 0 Å². The number of nitrogens with zero attached hydrogens (tertiary/aromatic N) is 1. The van der Waals surface area contributed by atoms with Gasteiger partial charge in [0.1, 0.15) is 0 Å². The van der Waals surface area contributed by atoms with E-state index in [4.69, 9.17) is 0 Å². The van der Waals surface area contributed by atoms with Crippen LogP contribution in [0.4, 0.5) is 5.69 Å². The molecule has 0 amide bonds. The van der Waals surface area contributed by atoms with E-state index >= 15 is 0 Å². The average Bonchev–Trinajstić information content (AvgIpc) is 2.37. The zero-order valence-corrected chi connectivity index (χ0v) is 11.4. The molecule has 0 atom stereocenters. The molecule has 17 heavy (non-hydrogen) atoms. The lowest BCUT2D eigenvalue weighted by molar-refractivity contribution is 1.09. The Bertz CT molecular complexity index is 497. The number of aryl methyl sites for hydroxylation is 1. The summed E-state index contributed by atoms with van der Waals surface area (Å²) in [4.78, 5) is 4.14. The van der Waals surface area contributed by atoms with Crippen molar-refractivity contribution in [2.24, 2.45) is 0 Å². The largest absolute Gasteiger partial charge is 0.381 e. The summed E-state index contributed by atoms with van der Waals surface area (Å²) in [6, 6.07) is 10.6. The molecule has 88 valence electrons. The fourth-order valence-corrected chi connectivity index (χ4v) is 2.07. The van der Waals surface area contributed by atoms with Gasteiger partial charge < -0.3 is 5.32 Å². The summed E-state index contributed by atoms with van der Waals surface area (Å²) >= 11 is 3.42. The van der Waals surface area contributed by atoms with Crippen LogP contribution in [-0.2, 0) is 13.0 Å². The van der Waals surface area contributed by atoms with E-state index in [1.54, 1.807) is 6.20 Å².